The maximum absolute atomic E-state index is 13.5. The highest BCUT2D eigenvalue weighted by atomic mass is 32.2. The molecule has 0 bridgehead atoms. The molecule has 1 aromatic heterocycles. The summed E-state index contributed by atoms with van der Waals surface area (Å²) in [5.41, 5.74) is 1.37. The Morgan fingerprint density at radius 1 is 1.00 bits per heavy atom. The van der Waals surface area contributed by atoms with Crippen molar-refractivity contribution in [1.29, 1.82) is 0 Å². The molecule has 4 rings (SSSR count). The molecule has 0 radical (unpaired) electrons. The molecule has 0 atom stereocenters. The van der Waals surface area contributed by atoms with Gasteiger partial charge in [0.15, 0.2) is 11.0 Å². The van der Waals surface area contributed by atoms with Gasteiger partial charge < -0.3 is 5.32 Å². The predicted octanol–water partition coefficient (Wildman–Crippen LogP) is 4.71. The first-order valence-corrected chi connectivity index (χ1v) is 10.4. The second-order valence-corrected chi connectivity index (χ2v) is 7.54. The van der Waals surface area contributed by atoms with Crippen LogP contribution in [0, 0.1) is 15.9 Å². The second kappa shape index (κ2) is 9.40. The zero-order chi connectivity index (χ0) is 22.5. The molecule has 32 heavy (non-hydrogen) atoms. The molecule has 10 heteroatoms. The lowest BCUT2D eigenvalue weighted by Gasteiger charge is -2.10. The van der Waals surface area contributed by atoms with Crippen LogP contribution in [0.15, 0.2) is 84.0 Å². The summed E-state index contributed by atoms with van der Waals surface area (Å²) >= 11 is 1.12. The van der Waals surface area contributed by atoms with Crippen molar-refractivity contribution >= 4 is 29.0 Å². The molecule has 0 fully saturated rings. The summed E-state index contributed by atoms with van der Waals surface area (Å²) in [5, 5.41) is 22.6. The maximum Gasteiger partial charge on any atom is 0.292 e. The Hall–Kier alpha value is -4.05. The van der Waals surface area contributed by atoms with Gasteiger partial charge in [-0.1, -0.05) is 54.2 Å². The third-order valence-corrected chi connectivity index (χ3v) is 5.39. The quantitative estimate of drug-likeness (QED) is 0.249. The highest BCUT2D eigenvalue weighted by Gasteiger charge is 2.19. The number of benzene rings is 3. The Kier molecular flexibility index (Phi) is 6.22. The highest BCUT2D eigenvalue weighted by Crippen LogP contribution is 2.29. The van der Waals surface area contributed by atoms with Gasteiger partial charge in [-0.25, -0.2) is 4.39 Å². The van der Waals surface area contributed by atoms with Crippen molar-refractivity contribution < 1.29 is 14.1 Å². The number of rotatable bonds is 7. The molecule has 0 aliphatic carbocycles. The maximum atomic E-state index is 13.5. The number of para-hydroxylation sites is 2. The fraction of sp³-hybridized carbons (Fsp3) is 0.0455. The normalized spacial score (nSPS) is 10.7. The van der Waals surface area contributed by atoms with E-state index in [1.54, 1.807) is 22.8 Å². The molecule has 4 aromatic rings. The standard InChI is InChI=1S/C22H16FN5O3S/c23-16-10-12-17(13-11-16)27-21(15-6-2-1-3-7-15)25-26-22(27)32-14-20(29)24-18-8-4-5-9-19(18)28(30)31/h1-13H,14H2,(H,24,29). The van der Waals surface area contributed by atoms with Crippen LogP contribution in [0.2, 0.25) is 0 Å². The van der Waals surface area contributed by atoms with Crippen LogP contribution >= 0.6 is 11.8 Å². The molecule has 8 nitrogen and oxygen atoms in total. The van der Waals surface area contributed by atoms with Crippen LogP contribution in [0.5, 0.6) is 0 Å². The van der Waals surface area contributed by atoms with Crippen molar-refractivity contribution in [1.82, 2.24) is 14.8 Å². The van der Waals surface area contributed by atoms with Crippen LogP contribution in [0.4, 0.5) is 15.8 Å². The van der Waals surface area contributed by atoms with Gasteiger partial charge in [0.25, 0.3) is 5.69 Å². The van der Waals surface area contributed by atoms with Crippen LogP contribution in [0.1, 0.15) is 0 Å². The molecule has 1 amide bonds. The summed E-state index contributed by atoms with van der Waals surface area (Å²) in [6, 6.07) is 21.1. The number of hydrogen-bond donors (Lipinski definition) is 1. The van der Waals surface area contributed by atoms with E-state index >= 15 is 0 Å². The number of nitro benzene ring substituents is 1. The van der Waals surface area contributed by atoms with Gasteiger partial charge in [0.05, 0.1) is 10.7 Å². The number of nitrogens with one attached hydrogen (secondary N) is 1. The third-order valence-electron chi connectivity index (χ3n) is 4.46. The molecule has 0 spiro atoms. The number of halogens is 1. The first-order chi connectivity index (χ1) is 15.5. The van der Waals surface area contributed by atoms with Crippen LogP contribution in [0.3, 0.4) is 0 Å². The van der Waals surface area contributed by atoms with Crippen molar-refractivity contribution in [3.8, 4) is 17.1 Å². The Labute approximate surface area is 186 Å². The summed E-state index contributed by atoms with van der Waals surface area (Å²) in [6.45, 7) is 0. The third kappa shape index (κ3) is 4.65. The summed E-state index contributed by atoms with van der Waals surface area (Å²) < 4.78 is 15.2. The summed E-state index contributed by atoms with van der Waals surface area (Å²) in [7, 11) is 0. The van der Waals surface area contributed by atoms with Crippen molar-refractivity contribution in [3.05, 3.63) is 94.8 Å². The highest BCUT2D eigenvalue weighted by molar-refractivity contribution is 7.99. The Morgan fingerprint density at radius 3 is 2.41 bits per heavy atom. The van der Waals surface area contributed by atoms with E-state index in [-0.39, 0.29) is 22.9 Å². The van der Waals surface area contributed by atoms with Crippen LogP contribution < -0.4 is 5.32 Å². The number of thioether (sulfide) groups is 1. The number of carbonyl (C=O) groups is 1. The molecule has 0 aliphatic heterocycles. The Bertz CT molecular complexity index is 1260. The second-order valence-electron chi connectivity index (χ2n) is 6.60. The van der Waals surface area contributed by atoms with Gasteiger partial charge in [0.1, 0.15) is 11.5 Å². The minimum atomic E-state index is -0.556. The number of carbonyl (C=O) groups excluding carboxylic acids is 1. The van der Waals surface area contributed by atoms with Crippen molar-refractivity contribution in [2.75, 3.05) is 11.1 Å². The topological polar surface area (TPSA) is 103 Å². The molecule has 0 saturated carbocycles. The van der Waals surface area contributed by atoms with Crippen LogP contribution in [0.25, 0.3) is 17.1 Å². The molecule has 3 aromatic carbocycles. The average Bonchev–Trinajstić information content (AvgIpc) is 3.23. The number of nitro groups is 1. The first kappa shape index (κ1) is 21.2. The molecule has 1 heterocycles. The van der Waals surface area contributed by atoms with Crippen molar-refractivity contribution in [2.24, 2.45) is 0 Å². The predicted molar refractivity (Wildman–Crippen MR) is 119 cm³/mol. The van der Waals surface area contributed by atoms with Gasteiger partial charge in [-0.15, -0.1) is 10.2 Å². The van der Waals surface area contributed by atoms with E-state index in [2.05, 4.69) is 15.5 Å². The molecule has 0 unspecified atom stereocenters. The number of anilines is 1. The zero-order valence-corrected chi connectivity index (χ0v) is 17.3. The minimum absolute atomic E-state index is 0.0554. The van der Waals surface area contributed by atoms with Crippen molar-refractivity contribution in [3.63, 3.8) is 0 Å². The molecule has 0 saturated heterocycles. The van der Waals surface area contributed by atoms with E-state index < -0.39 is 10.8 Å². The lowest BCUT2D eigenvalue weighted by atomic mass is 10.2. The molecule has 160 valence electrons. The van der Waals surface area contributed by atoms with E-state index in [1.807, 2.05) is 30.3 Å². The lowest BCUT2D eigenvalue weighted by Crippen LogP contribution is -2.15. The zero-order valence-electron chi connectivity index (χ0n) is 16.5. The first-order valence-electron chi connectivity index (χ1n) is 9.46. The van der Waals surface area contributed by atoms with E-state index in [4.69, 9.17) is 0 Å². The van der Waals surface area contributed by atoms with Gasteiger partial charge in [-0.2, -0.15) is 0 Å². The van der Waals surface area contributed by atoms with Crippen LogP contribution in [-0.2, 0) is 4.79 Å². The van der Waals surface area contributed by atoms with Gasteiger partial charge >= 0.3 is 0 Å². The van der Waals surface area contributed by atoms with E-state index in [1.165, 1.54) is 30.3 Å². The smallest absolute Gasteiger partial charge is 0.292 e. The van der Waals surface area contributed by atoms with Gasteiger partial charge in [0.2, 0.25) is 5.91 Å². The largest absolute Gasteiger partial charge is 0.320 e. The van der Waals surface area contributed by atoms with Gasteiger partial charge in [-0.05, 0) is 30.3 Å². The molecule has 1 N–H and O–H groups in total. The van der Waals surface area contributed by atoms with Gasteiger partial charge in [0, 0.05) is 17.3 Å². The van der Waals surface area contributed by atoms with E-state index in [0.717, 1.165) is 17.3 Å². The number of hydrogen-bond acceptors (Lipinski definition) is 6. The summed E-state index contributed by atoms with van der Waals surface area (Å²) in [5.74, 6) is -0.320. The molecule has 0 aliphatic rings. The van der Waals surface area contributed by atoms with E-state index in [9.17, 15) is 19.3 Å². The van der Waals surface area contributed by atoms with Gasteiger partial charge in [-0.3, -0.25) is 19.5 Å². The number of amides is 1. The SMILES string of the molecule is O=C(CSc1nnc(-c2ccccc2)n1-c1ccc(F)cc1)Nc1ccccc1[N+](=O)[O-]. The number of nitrogens with zero attached hydrogens (tertiary/aromatic N) is 4. The van der Waals surface area contributed by atoms with E-state index in [0.29, 0.717) is 16.7 Å². The average molecular weight is 449 g/mol. The Morgan fingerprint density at radius 2 is 1.69 bits per heavy atom. The number of aromatic nitrogens is 3. The summed E-state index contributed by atoms with van der Waals surface area (Å²) in [6.07, 6.45) is 0. The molecular formula is C22H16FN5O3S. The van der Waals surface area contributed by atoms with Crippen molar-refractivity contribution in [2.45, 2.75) is 5.16 Å². The lowest BCUT2D eigenvalue weighted by molar-refractivity contribution is -0.383. The fourth-order valence-electron chi connectivity index (χ4n) is 3.02. The fourth-order valence-corrected chi connectivity index (χ4v) is 3.77. The Balaban J connectivity index is 1.59. The van der Waals surface area contributed by atoms with Crippen LogP contribution in [-0.4, -0.2) is 31.3 Å². The monoisotopic (exact) mass is 449 g/mol. The minimum Gasteiger partial charge on any atom is -0.320 e. The summed E-state index contributed by atoms with van der Waals surface area (Å²) in [4.78, 5) is 23.1. The molecular weight excluding hydrogens is 433 g/mol.